The molecule has 1 aliphatic rings. The minimum Gasteiger partial charge on any atom is -0.466 e. The number of nitrogens with zero attached hydrogens (tertiary/aromatic N) is 1. The van der Waals surface area contributed by atoms with Crippen LogP contribution in [0.2, 0.25) is 0 Å². The number of ether oxygens (including phenoxy) is 1. The molecule has 1 atom stereocenters. The van der Waals surface area contributed by atoms with Crippen LogP contribution in [0, 0.1) is 0 Å². The number of aromatic nitrogens is 1. The van der Waals surface area contributed by atoms with Crippen molar-refractivity contribution in [2.75, 3.05) is 6.61 Å². The summed E-state index contributed by atoms with van der Waals surface area (Å²) in [5, 5.41) is 0. The summed E-state index contributed by atoms with van der Waals surface area (Å²) < 4.78 is 19.1. The Morgan fingerprint density at radius 1 is 1.21 bits per heavy atom. The Labute approximate surface area is 160 Å². The fourth-order valence-electron chi connectivity index (χ4n) is 2.56. The minimum atomic E-state index is -0.561. The Morgan fingerprint density at radius 3 is 2.17 bits per heavy atom. The second-order valence-electron chi connectivity index (χ2n) is 6.76. The molecule has 1 aromatic rings. The van der Waals surface area contributed by atoms with Gasteiger partial charge in [0.1, 0.15) is 0 Å². The topological polar surface area (TPSA) is 57.7 Å². The maximum atomic E-state index is 12.1. The van der Waals surface area contributed by atoms with Gasteiger partial charge in [-0.25, -0.2) is 0 Å². The average Bonchev–Trinajstić information content (AvgIpc) is 2.66. The van der Waals surface area contributed by atoms with Crippen molar-refractivity contribution in [1.29, 1.82) is 0 Å². The molecule has 0 aliphatic carbocycles. The largest absolute Gasteiger partial charge is 0.466 e. The first-order chi connectivity index (χ1) is 11.1. The van der Waals surface area contributed by atoms with E-state index in [-0.39, 0.29) is 18.2 Å². The van der Waals surface area contributed by atoms with Crippen molar-refractivity contribution in [2.24, 2.45) is 0 Å². The van der Waals surface area contributed by atoms with E-state index in [4.69, 9.17) is 14.0 Å². The summed E-state index contributed by atoms with van der Waals surface area (Å²) in [6.45, 7) is 10.1. The van der Waals surface area contributed by atoms with Crippen molar-refractivity contribution in [1.82, 2.24) is 4.98 Å². The molecule has 0 aromatic carbocycles. The lowest BCUT2D eigenvalue weighted by Crippen LogP contribution is -2.41. The number of pyridine rings is 1. The fourth-order valence-corrected chi connectivity index (χ4v) is 4.08. The molecular weight excluding hydrogens is 441 g/mol. The molecule has 1 aromatic heterocycles. The minimum absolute atomic E-state index is 0.159. The van der Waals surface area contributed by atoms with Crippen LogP contribution < -0.4 is 0 Å². The van der Waals surface area contributed by atoms with Crippen LogP contribution in [0.5, 0.6) is 0 Å². The summed E-state index contributed by atoms with van der Waals surface area (Å²) in [5.41, 5.74) is -0.0656. The molecule has 24 heavy (non-hydrogen) atoms. The highest BCUT2D eigenvalue weighted by Gasteiger charge is 2.54. The molecule has 1 saturated heterocycles. The highest BCUT2D eigenvalue weighted by Crippen LogP contribution is 2.44. The van der Waals surface area contributed by atoms with Crippen molar-refractivity contribution in [3.05, 3.63) is 26.9 Å². The van der Waals surface area contributed by atoms with Gasteiger partial charge in [0.25, 0.3) is 0 Å². The van der Waals surface area contributed by atoms with Gasteiger partial charge in [-0.15, -0.1) is 0 Å². The van der Waals surface area contributed by atoms with Gasteiger partial charge in [0.05, 0.1) is 24.2 Å². The van der Waals surface area contributed by atoms with Crippen LogP contribution in [-0.2, 0) is 18.8 Å². The second kappa shape index (κ2) is 7.44. The van der Waals surface area contributed by atoms with Crippen LogP contribution in [0.4, 0.5) is 0 Å². The Kier molecular flexibility index (Phi) is 6.16. The number of carbonyl (C=O) groups is 1. The molecule has 0 N–H and O–H groups in total. The van der Waals surface area contributed by atoms with E-state index in [1.54, 1.807) is 19.3 Å². The Balaban J connectivity index is 2.40. The predicted molar refractivity (Wildman–Crippen MR) is 99.7 cm³/mol. The molecule has 0 bridgehead atoms. The lowest BCUT2D eigenvalue weighted by Gasteiger charge is -2.32. The van der Waals surface area contributed by atoms with Crippen LogP contribution in [0.25, 0.3) is 0 Å². The highest BCUT2D eigenvalue weighted by molar-refractivity contribution is 9.11. The van der Waals surface area contributed by atoms with Crippen LogP contribution in [-0.4, -0.2) is 35.9 Å². The lowest BCUT2D eigenvalue weighted by atomic mass is 9.66. The van der Waals surface area contributed by atoms with Crippen molar-refractivity contribution >= 4 is 44.9 Å². The van der Waals surface area contributed by atoms with Gasteiger partial charge in [-0.05, 0) is 72.0 Å². The van der Waals surface area contributed by atoms with Gasteiger partial charge in [-0.1, -0.05) is 0 Å². The van der Waals surface area contributed by atoms with Crippen LogP contribution in [0.1, 0.15) is 52.4 Å². The van der Waals surface area contributed by atoms with Crippen LogP contribution in [0.15, 0.2) is 21.3 Å². The zero-order valence-corrected chi connectivity index (χ0v) is 17.7. The van der Waals surface area contributed by atoms with Gasteiger partial charge in [0.2, 0.25) is 0 Å². The number of halogens is 2. The number of hydrogen-bond acceptors (Lipinski definition) is 5. The van der Waals surface area contributed by atoms with E-state index in [1.165, 1.54) is 0 Å². The number of hydrogen-bond donors (Lipinski definition) is 0. The van der Waals surface area contributed by atoms with Crippen molar-refractivity contribution in [3.8, 4) is 0 Å². The number of esters is 1. The molecule has 2 rings (SSSR count). The van der Waals surface area contributed by atoms with Crippen molar-refractivity contribution < 1.29 is 18.8 Å². The van der Waals surface area contributed by atoms with Crippen LogP contribution in [0.3, 0.4) is 0 Å². The van der Waals surface area contributed by atoms with E-state index in [1.807, 2.05) is 27.7 Å². The van der Waals surface area contributed by atoms with Gasteiger partial charge in [-0.2, -0.15) is 0 Å². The molecule has 2 heterocycles. The molecule has 1 unspecified atom stereocenters. The first kappa shape index (κ1) is 19.9. The van der Waals surface area contributed by atoms with Gasteiger partial charge in [-0.3, -0.25) is 9.78 Å². The average molecular weight is 463 g/mol. The molecule has 0 amide bonds. The fraction of sp³-hybridized carbons (Fsp3) is 0.625. The highest BCUT2D eigenvalue weighted by atomic mass is 79.9. The molecule has 132 valence electrons. The zero-order valence-electron chi connectivity index (χ0n) is 14.6. The normalized spacial score (nSPS) is 20.0. The predicted octanol–water partition coefficient (Wildman–Crippen LogP) is 4.27. The quantitative estimate of drug-likeness (QED) is 0.483. The van der Waals surface area contributed by atoms with Gasteiger partial charge in [0, 0.05) is 27.2 Å². The Hall–Kier alpha value is -0.435. The van der Waals surface area contributed by atoms with Crippen LogP contribution >= 0.6 is 31.9 Å². The zero-order chi connectivity index (χ0) is 18.1. The summed E-state index contributed by atoms with van der Waals surface area (Å²) in [4.78, 5) is 16.3. The smallest absolute Gasteiger partial charge is 0.466 e. The van der Waals surface area contributed by atoms with E-state index in [0.717, 1.165) is 14.5 Å². The van der Waals surface area contributed by atoms with E-state index < -0.39 is 18.3 Å². The molecule has 0 radical (unpaired) electrons. The summed E-state index contributed by atoms with van der Waals surface area (Å²) in [6, 6.07) is 0. The third-order valence-corrected chi connectivity index (χ3v) is 5.82. The summed E-state index contributed by atoms with van der Waals surface area (Å²) in [5.74, 6) is -0.607. The van der Waals surface area contributed by atoms with E-state index >= 15 is 0 Å². The Morgan fingerprint density at radius 2 is 1.71 bits per heavy atom. The van der Waals surface area contributed by atoms with E-state index in [0.29, 0.717) is 6.61 Å². The molecular formula is C16H22BBr2NO4. The van der Waals surface area contributed by atoms with Gasteiger partial charge >= 0.3 is 13.1 Å². The maximum absolute atomic E-state index is 12.1. The summed E-state index contributed by atoms with van der Waals surface area (Å²) >= 11 is 7.05. The molecule has 0 spiro atoms. The monoisotopic (exact) mass is 461 g/mol. The van der Waals surface area contributed by atoms with Crippen molar-refractivity contribution in [2.45, 2.75) is 58.1 Å². The molecule has 8 heteroatoms. The number of carbonyl (C=O) groups excluding carboxylic acids is 1. The van der Waals surface area contributed by atoms with E-state index in [2.05, 4.69) is 36.8 Å². The standard InChI is InChI=1S/C16H22BBr2NO4/c1-6-22-13(21)7-10(14-11(18)8-20-9-12(14)19)17-23-15(2,3)16(4,5)24-17/h8-10H,6-7H2,1-5H3. The SMILES string of the molecule is CCOC(=O)CC(B1OC(C)(C)C(C)(C)O1)c1c(Br)cncc1Br. The molecule has 1 aliphatic heterocycles. The summed E-state index contributed by atoms with van der Waals surface area (Å²) in [7, 11) is -0.561. The second-order valence-corrected chi connectivity index (χ2v) is 8.47. The maximum Gasteiger partial charge on any atom is 0.466 e. The van der Waals surface area contributed by atoms with Gasteiger partial charge < -0.3 is 14.0 Å². The number of rotatable bonds is 5. The Bertz CT molecular complexity index is 588. The third kappa shape index (κ3) is 4.03. The first-order valence-electron chi connectivity index (χ1n) is 7.89. The third-order valence-electron chi connectivity index (χ3n) is 4.55. The summed E-state index contributed by atoms with van der Waals surface area (Å²) in [6.07, 6.45) is 3.55. The van der Waals surface area contributed by atoms with E-state index in [9.17, 15) is 4.79 Å². The first-order valence-corrected chi connectivity index (χ1v) is 9.48. The molecule has 5 nitrogen and oxygen atoms in total. The van der Waals surface area contributed by atoms with Gasteiger partial charge in [0.15, 0.2) is 0 Å². The lowest BCUT2D eigenvalue weighted by molar-refractivity contribution is -0.143. The molecule has 1 fully saturated rings. The molecule has 0 saturated carbocycles. The van der Waals surface area contributed by atoms with Crippen molar-refractivity contribution in [3.63, 3.8) is 0 Å².